The van der Waals surface area contributed by atoms with Crippen LogP contribution in [-0.4, -0.2) is 46.8 Å². The molecule has 0 saturated carbocycles. The number of nitrogens with one attached hydrogen (secondary N) is 1. The van der Waals surface area contributed by atoms with Gasteiger partial charge in [0, 0.05) is 25.5 Å². The molecule has 1 rings (SSSR count). The molecule has 0 fully saturated rings. The third-order valence-electron chi connectivity index (χ3n) is 2.54. The quantitative estimate of drug-likeness (QED) is 0.613. The van der Waals surface area contributed by atoms with Crippen LogP contribution in [0.25, 0.3) is 0 Å². The summed E-state index contributed by atoms with van der Waals surface area (Å²) in [5.74, 6) is 0. The molecule has 1 atom stereocenters. The predicted molar refractivity (Wildman–Crippen MR) is 71.4 cm³/mol. The fourth-order valence-electron chi connectivity index (χ4n) is 1.63. The number of ether oxygens (including phenoxy) is 1. The van der Waals surface area contributed by atoms with Gasteiger partial charge in [-0.2, -0.15) is 5.10 Å². The standard InChI is InChI=1S/C13H25N3O2/c1-12(2)18-9-4-3-6-14-10-13(17)11-16-8-5-7-15-16/h5,7-8,12-14,17H,3-4,6,9-11H2,1-2H3. The maximum absolute atomic E-state index is 9.75. The lowest BCUT2D eigenvalue weighted by molar-refractivity contribution is 0.0758. The third-order valence-corrected chi connectivity index (χ3v) is 2.54. The summed E-state index contributed by atoms with van der Waals surface area (Å²) in [4.78, 5) is 0. The first-order chi connectivity index (χ1) is 8.68. The van der Waals surface area contributed by atoms with E-state index in [9.17, 15) is 5.11 Å². The van der Waals surface area contributed by atoms with Gasteiger partial charge in [0.1, 0.15) is 0 Å². The third kappa shape index (κ3) is 7.42. The Kier molecular flexibility index (Phi) is 7.64. The van der Waals surface area contributed by atoms with Crippen molar-refractivity contribution in [3.05, 3.63) is 18.5 Å². The van der Waals surface area contributed by atoms with E-state index < -0.39 is 6.10 Å². The van der Waals surface area contributed by atoms with Gasteiger partial charge < -0.3 is 15.2 Å². The largest absolute Gasteiger partial charge is 0.390 e. The lowest BCUT2D eigenvalue weighted by Gasteiger charge is -2.12. The number of hydrogen-bond acceptors (Lipinski definition) is 4. The van der Waals surface area contributed by atoms with Crippen molar-refractivity contribution in [1.29, 1.82) is 0 Å². The first-order valence-corrected chi connectivity index (χ1v) is 6.66. The molecular formula is C13H25N3O2. The van der Waals surface area contributed by atoms with Crippen LogP contribution in [0.3, 0.4) is 0 Å². The highest BCUT2D eigenvalue weighted by Gasteiger charge is 2.04. The molecule has 0 bridgehead atoms. The summed E-state index contributed by atoms with van der Waals surface area (Å²) in [6.45, 7) is 6.96. The van der Waals surface area contributed by atoms with Crippen LogP contribution < -0.4 is 5.32 Å². The van der Waals surface area contributed by atoms with Crippen LogP contribution >= 0.6 is 0 Å². The molecule has 0 radical (unpaired) electrons. The van der Waals surface area contributed by atoms with E-state index in [-0.39, 0.29) is 0 Å². The second-order valence-electron chi connectivity index (χ2n) is 4.71. The average Bonchev–Trinajstić information content (AvgIpc) is 2.80. The molecule has 1 aromatic rings. The van der Waals surface area contributed by atoms with Crippen molar-refractivity contribution in [2.24, 2.45) is 0 Å². The lowest BCUT2D eigenvalue weighted by Crippen LogP contribution is -2.31. The minimum atomic E-state index is -0.392. The molecule has 0 aliphatic heterocycles. The van der Waals surface area contributed by atoms with E-state index in [1.807, 2.05) is 26.1 Å². The molecule has 1 heterocycles. The predicted octanol–water partition coefficient (Wildman–Crippen LogP) is 1.04. The fraction of sp³-hybridized carbons (Fsp3) is 0.769. The second kappa shape index (κ2) is 9.08. The van der Waals surface area contributed by atoms with E-state index >= 15 is 0 Å². The van der Waals surface area contributed by atoms with Crippen LogP contribution in [0.1, 0.15) is 26.7 Å². The van der Waals surface area contributed by atoms with Crippen LogP contribution in [0.4, 0.5) is 0 Å². The van der Waals surface area contributed by atoms with Crippen molar-refractivity contribution in [1.82, 2.24) is 15.1 Å². The minimum Gasteiger partial charge on any atom is -0.390 e. The van der Waals surface area contributed by atoms with E-state index in [1.54, 1.807) is 10.9 Å². The highest BCUT2D eigenvalue weighted by molar-refractivity contribution is 4.78. The summed E-state index contributed by atoms with van der Waals surface area (Å²) in [5, 5.41) is 17.0. The van der Waals surface area contributed by atoms with Crippen LogP contribution in [0, 0.1) is 0 Å². The van der Waals surface area contributed by atoms with Crippen molar-refractivity contribution in [3.63, 3.8) is 0 Å². The summed E-state index contributed by atoms with van der Waals surface area (Å²) in [6, 6.07) is 1.86. The molecule has 5 nitrogen and oxygen atoms in total. The Balaban J connectivity index is 1.91. The van der Waals surface area contributed by atoms with E-state index in [0.29, 0.717) is 19.2 Å². The zero-order valence-electron chi connectivity index (χ0n) is 11.4. The minimum absolute atomic E-state index is 0.314. The smallest absolute Gasteiger partial charge is 0.0860 e. The van der Waals surface area contributed by atoms with Gasteiger partial charge in [0.2, 0.25) is 0 Å². The number of aliphatic hydroxyl groups is 1. The first kappa shape index (κ1) is 15.1. The van der Waals surface area contributed by atoms with Crippen molar-refractivity contribution in [3.8, 4) is 0 Å². The Bertz CT molecular complexity index is 288. The van der Waals surface area contributed by atoms with Crippen molar-refractivity contribution >= 4 is 0 Å². The average molecular weight is 255 g/mol. The van der Waals surface area contributed by atoms with Crippen LogP contribution in [0.2, 0.25) is 0 Å². The molecular weight excluding hydrogens is 230 g/mol. The van der Waals surface area contributed by atoms with Gasteiger partial charge in [-0.3, -0.25) is 4.68 Å². The summed E-state index contributed by atoms with van der Waals surface area (Å²) < 4.78 is 7.19. The Morgan fingerprint density at radius 3 is 2.89 bits per heavy atom. The van der Waals surface area contributed by atoms with E-state index in [4.69, 9.17) is 4.74 Å². The van der Waals surface area contributed by atoms with Crippen molar-refractivity contribution in [2.45, 2.75) is 45.4 Å². The molecule has 1 unspecified atom stereocenters. The molecule has 0 aromatic carbocycles. The molecule has 0 saturated heterocycles. The fourth-order valence-corrected chi connectivity index (χ4v) is 1.63. The molecule has 0 amide bonds. The monoisotopic (exact) mass is 255 g/mol. The Labute approximate surface area is 109 Å². The SMILES string of the molecule is CC(C)OCCCCNCC(O)Cn1cccn1. The van der Waals surface area contributed by atoms with Gasteiger partial charge in [0.05, 0.1) is 18.8 Å². The first-order valence-electron chi connectivity index (χ1n) is 6.66. The molecule has 5 heteroatoms. The lowest BCUT2D eigenvalue weighted by atomic mass is 10.3. The van der Waals surface area contributed by atoms with Gasteiger partial charge in [0.25, 0.3) is 0 Å². The Hall–Kier alpha value is -0.910. The van der Waals surface area contributed by atoms with Gasteiger partial charge in [-0.1, -0.05) is 0 Å². The molecule has 2 N–H and O–H groups in total. The van der Waals surface area contributed by atoms with E-state index in [2.05, 4.69) is 10.4 Å². The summed E-state index contributed by atoms with van der Waals surface area (Å²) in [5.41, 5.74) is 0. The normalized spacial score (nSPS) is 13.1. The number of nitrogens with zero attached hydrogens (tertiary/aromatic N) is 2. The summed E-state index contributed by atoms with van der Waals surface area (Å²) in [6.07, 6.45) is 5.62. The van der Waals surface area contributed by atoms with Crippen molar-refractivity contribution in [2.75, 3.05) is 19.7 Å². The maximum atomic E-state index is 9.75. The van der Waals surface area contributed by atoms with Crippen LogP contribution in [0.15, 0.2) is 18.5 Å². The number of hydrogen-bond donors (Lipinski definition) is 2. The molecule has 1 aromatic heterocycles. The van der Waals surface area contributed by atoms with Gasteiger partial charge in [-0.25, -0.2) is 0 Å². The van der Waals surface area contributed by atoms with E-state index in [0.717, 1.165) is 26.0 Å². The van der Waals surface area contributed by atoms with Gasteiger partial charge >= 0.3 is 0 Å². The highest BCUT2D eigenvalue weighted by atomic mass is 16.5. The topological polar surface area (TPSA) is 59.3 Å². The van der Waals surface area contributed by atoms with Gasteiger partial charge in [-0.15, -0.1) is 0 Å². The summed E-state index contributed by atoms with van der Waals surface area (Å²) >= 11 is 0. The zero-order valence-corrected chi connectivity index (χ0v) is 11.4. The molecule has 0 aliphatic carbocycles. The van der Waals surface area contributed by atoms with Gasteiger partial charge in [-0.05, 0) is 39.3 Å². The second-order valence-corrected chi connectivity index (χ2v) is 4.71. The number of aromatic nitrogens is 2. The van der Waals surface area contributed by atoms with E-state index in [1.165, 1.54) is 0 Å². The number of rotatable bonds is 10. The Morgan fingerprint density at radius 1 is 1.39 bits per heavy atom. The molecule has 18 heavy (non-hydrogen) atoms. The molecule has 0 spiro atoms. The van der Waals surface area contributed by atoms with Crippen LogP contribution in [-0.2, 0) is 11.3 Å². The maximum Gasteiger partial charge on any atom is 0.0860 e. The summed E-state index contributed by atoms with van der Waals surface area (Å²) in [7, 11) is 0. The highest BCUT2D eigenvalue weighted by Crippen LogP contribution is 1.94. The van der Waals surface area contributed by atoms with Crippen LogP contribution in [0.5, 0.6) is 0 Å². The number of aliphatic hydroxyl groups excluding tert-OH is 1. The zero-order chi connectivity index (χ0) is 13.2. The van der Waals surface area contributed by atoms with Gasteiger partial charge in [0.15, 0.2) is 0 Å². The number of unbranched alkanes of at least 4 members (excludes halogenated alkanes) is 1. The molecule has 0 aliphatic rings. The molecule has 104 valence electrons. The Morgan fingerprint density at radius 2 is 2.22 bits per heavy atom. The van der Waals surface area contributed by atoms with Crippen molar-refractivity contribution < 1.29 is 9.84 Å².